The molecule has 0 aliphatic carbocycles. The largest absolute Gasteiger partial charge is 0.416 e. The quantitative estimate of drug-likeness (QED) is 0.661. The summed E-state index contributed by atoms with van der Waals surface area (Å²) in [6.07, 6.45) is -3.17. The average molecular weight is 443 g/mol. The number of likely N-dealkylation sites (tertiary alicyclic amines) is 1. The molecule has 2 N–H and O–H groups in total. The van der Waals surface area contributed by atoms with Crippen LogP contribution in [-0.2, 0) is 11.6 Å². The van der Waals surface area contributed by atoms with Crippen molar-refractivity contribution >= 4 is 34.2 Å². The molecule has 0 saturated carbocycles. The molecule has 1 aromatic carbocycles. The van der Waals surface area contributed by atoms with Crippen LogP contribution in [0.15, 0.2) is 24.4 Å². The molecule has 0 radical (unpaired) electrons. The first kappa shape index (κ1) is 20.4. The molecule has 2 aromatic rings. The number of nitrogens with one attached hydrogen (secondary N) is 2. The highest BCUT2D eigenvalue weighted by Gasteiger charge is 2.50. The van der Waals surface area contributed by atoms with Crippen LogP contribution in [0.4, 0.5) is 38.0 Å². The number of fused-ring (bicyclic) bond motifs is 2. The summed E-state index contributed by atoms with van der Waals surface area (Å²) in [5.41, 5.74) is -0.946. The Kier molecular flexibility index (Phi) is 4.83. The van der Waals surface area contributed by atoms with E-state index in [1.165, 1.54) is 22.9 Å². The molecule has 0 bridgehead atoms. The number of amides is 4. The molecule has 4 rings (SSSR count). The Morgan fingerprint density at radius 1 is 1.23 bits per heavy atom. The van der Waals surface area contributed by atoms with Crippen molar-refractivity contribution in [3.63, 3.8) is 0 Å². The molecule has 12 heteroatoms. The summed E-state index contributed by atoms with van der Waals surface area (Å²) < 4.78 is 53.2. The molecule has 4 amide bonds. The number of carbonyl (C=O) groups is 2. The zero-order valence-electron chi connectivity index (χ0n) is 15.7. The second-order valence-electron chi connectivity index (χ2n) is 7.22. The van der Waals surface area contributed by atoms with Crippen LogP contribution in [-0.4, -0.2) is 48.6 Å². The molecular formula is C18H17F4N5O2S. The molecule has 1 atom stereocenters. The number of alkyl halides is 3. The van der Waals surface area contributed by atoms with Crippen LogP contribution in [0.2, 0.25) is 0 Å². The molecular weight excluding hydrogens is 426 g/mol. The molecule has 30 heavy (non-hydrogen) atoms. The maximum Gasteiger partial charge on any atom is 0.416 e. The van der Waals surface area contributed by atoms with Crippen molar-refractivity contribution in [2.45, 2.75) is 18.0 Å². The number of hydrogen-bond acceptors (Lipinski definition) is 4. The van der Waals surface area contributed by atoms with E-state index in [2.05, 4.69) is 15.6 Å². The normalized spacial score (nSPS) is 20.6. The molecule has 3 heterocycles. The van der Waals surface area contributed by atoms with Gasteiger partial charge in [0.2, 0.25) is 0 Å². The van der Waals surface area contributed by atoms with Crippen molar-refractivity contribution in [3.8, 4) is 0 Å². The first-order chi connectivity index (χ1) is 14.1. The lowest BCUT2D eigenvalue weighted by Crippen LogP contribution is -2.43. The van der Waals surface area contributed by atoms with Gasteiger partial charge in [-0.1, -0.05) is 11.3 Å². The summed E-state index contributed by atoms with van der Waals surface area (Å²) in [6, 6.07) is 2.28. The molecule has 7 nitrogen and oxygen atoms in total. The summed E-state index contributed by atoms with van der Waals surface area (Å²) in [5, 5.41) is 4.47. The zero-order chi connectivity index (χ0) is 21.7. The van der Waals surface area contributed by atoms with E-state index in [4.69, 9.17) is 0 Å². The Bertz CT molecular complexity index is 1010. The number of benzene rings is 1. The molecule has 1 saturated heterocycles. The van der Waals surface area contributed by atoms with Crippen molar-refractivity contribution in [2.24, 2.45) is 0 Å². The first-order valence-corrected chi connectivity index (χ1v) is 9.83. The number of aromatic nitrogens is 1. The predicted molar refractivity (Wildman–Crippen MR) is 102 cm³/mol. The number of anilines is 2. The fourth-order valence-corrected chi connectivity index (χ4v) is 4.58. The minimum atomic E-state index is -4.54. The molecule has 1 unspecified atom stereocenters. The van der Waals surface area contributed by atoms with E-state index >= 15 is 0 Å². The maximum absolute atomic E-state index is 13.3. The summed E-state index contributed by atoms with van der Waals surface area (Å²) in [4.78, 5) is 31.5. The van der Waals surface area contributed by atoms with E-state index < -0.39 is 28.3 Å². The van der Waals surface area contributed by atoms with E-state index in [0.29, 0.717) is 35.6 Å². The van der Waals surface area contributed by atoms with Crippen LogP contribution in [0.25, 0.3) is 0 Å². The Hall–Kier alpha value is -2.89. The Morgan fingerprint density at radius 2 is 2.00 bits per heavy atom. The Labute approximate surface area is 172 Å². The third-order valence-electron chi connectivity index (χ3n) is 5.44. The van der Waals surface area contributed by atoms with Gasteiger partial charge in [0.1, 0.15) is 0 Å². The molecule has 1 fully saturated rings. The molecule has 2 aliphatic rings. The zero-order valence-corrected chi connectivity index (χ0v) is 16.5. The molecule has 2 aliphatic heterocycles. The van der Waals surface area contributed by atoms with Crippen molar-refractivity contribution in [2.75, 3.05) is 36.9 Å². The van der Waals surface area contributed by atoms with Gasteiger partial charge in [0.05, 0.1) is 11.8 Å². The summed E-state index contributed by atoms with van der Waals surface area (Å²) in [5.74, 6) is 0. The van der Waals surface area contributed by atoms with Crippen molar-refractivity contribution in [1.29, 1.82) is 0 Å². The number of hydrogen-bond donors (Lipinski definition) is 2. The Morgan fingerprint density at radius 3 is 2.63 bits per heavy atom. The number of rotatable bonds is 1. The second kappa shape index (κ2) is 7.11. The van der Waals surface area contributed by atoms with Gasteiger partial charge in [-0.05, 0) is 30.2 Å². The van der Waals surface area contributed by atoms with Crippen molar-refractivity contribution in [1.82, 2.24) is 15.2 Å². The molecule has 1 aromatic heterocycles. The van der Waals surface area contributed by atoms with Gasteiger partial charge in [0.25, 0.3) is 0 Å². The number of carbonyl (C=O) groups excluding carboxylic acids is 2. The van der Waals surface area contributed by atoms with Crippen LogP contribution in [0.5, 0.6) is 0 Å². The number of nitrogens with zero attached hydrogens (tertiary/aromatic N) is 3. The SMILES string of the molecule is CNC(=O)N1CCC2(C1)CN(C(=O)Nc1ncc(F)s1)c1ccc(C(F)(F)F)cc12. The summed E-state index contributed by atoms with van der Waals surface area (Å²) in [7, 11) is 1.48. The van der Waals surface area contributed by atoms with Crippen molar-refractivity contribution in [3.05, 3.63) is 40.7 Å². The van der Waals surface area contributed by atoms with Gasteiger partial charge in [-0.2, -0.15) is 17.6 Å². The topological polar surface area (TPSA) is 77.6 Å². The van der Waals surface area contributed by atoms with E-state index in [-0.39, 0.29) is 24.3 Å². The fourth-order valence-electron chi connectivity index (χ4n) is 4.05. The van der Waals surface area contributed by atoms with Crippen LogP contribution in [0, 0.1) is 5.13 Å². The van der Waals surface area contributed by atoms with Gasteiger partial charge in [-0.25, -0.2) is 14.6 Å². The van der Waals surface area contributed by atoms with Crippen molar-refractivity contribution < 1.29 is 27.2 Å². The minimum absolute atomic E-state index is 0.0466. The third kappa shape index (κ3) is 3.44. The lowest BCUT2D eigenvalue weighted by Gasteiger charge is -2.25. The van der Waals surface area contributed by atoms with Crippen LogP contribution in [0.3, 0.4) is 0 Å². The van der Waals surface area contributed by atoms with Crippen LogP contribution < -0.4 is 15.5 Å². The minimum Gasteiger partial charge on any atom is -0.341 e. The average Bonchev–Trinajstić information content (AvgIpc) is 3.39. The standard InChI is InChI=1S/C18H17F4N5O2S/c1-23-15(28)26-5-4-17(8-26)9-27(16(29)25-14-24-7-13(19)30-14)12-3-2-10(6-11(12)17)18(20,21)22/h2-3,6-7H,4-5,8-9H2,1H3,(H,23,28)(H,24,25,29). The van der Waals surface area contributed by atoms with Crippen LogP contribution in [0.1, 0.15) is 17.5 Å². The number of urea groups is 2. The lowest BCUT2D eigenvalue weighted by molar-refractivity contribution is -0.137. The van der Waals surface area contributed by atoms with Gasteiger partial charge >= 0.3 is 18.2 Å². The fraction of sp³-hybridized carbons (Fsp3) is 0.389. The van der Waals surface area contributed by atoms with E-state index in [1.807, 2.05) is 0 Å². The monoisotopic (exact) mass is 443 g/mol. The predicted octanol–water partition coefficient (Wildman–Crippen LogP) is 3.64. The van der Waals surface area contributed by atoms with E-state index in [9.17, 15) is 27.2 Å². The lowest BCUT2D eigenvalue weighted by atomic mass is 9.81. The van der Waals surface area contributed by atoms with Crippen LogP contribution >= 0.6 is 11.3 Å². The van der Waals surface area contributed by atoms with Gasteiger partial charge in [0, 0.05) is 37.8 Å². The van der Waals surface area contributed by atoms with Gasteiger partial charge in [-0.15, -0.1) is 0 Å². The number of halogens is 4. The number of thiazole rings is 1. The summed E-state index contributed by atoms with van der Waals surface area (Å²) >= 11 is 0.647. The second-order valence-corrected chi connectivity index (χ2v) is 8.20. The Balaban J connectivity index is 1.70. The highest BCUT2D eigenvalue weighted by molar-refractivity contribution is 7.14. The van der Waals surface area contributed by atoms with E-state index in [0.717, 1.165) is 18.3 Å². The third-order valence-corrected chi connectivity index (χ3v) is 6.14. The van der Waals surface area contributed by atoms with Gasteiger partial charge in [-0.3, -0.25) is 10.2 Å². The highest BCUT2D eigenvalue weighted by Crippen LogP contribution is 2.48. The summed E-state index contributed by atoms with van der Waals surface area (Å²) in [6.45, 7) is 0.621. The highest BCUT2D eigenvalue weighted by atomic mass is 32.1. The molecule has 1 spiro atoms. The van der Waals surface area contributed by atoms with E-state index in [1.54, 1.807) is 0 Å². The molecule has 160 valence electrons. The smallest absolute Gasteiger partial charge is 0.341 e. The first-order valence-electron chi connectivity index (χ1n) is 9.01. The van der Waals surface area contributed by atoms with Gasteiger partial charge < -0.3 is 10.2 Å². The maximum atomic E-state index is 13.3. The van der Waals surface area contributed by atoms with Gasteiger partial charge in [0.15, 0.2) is 10.3 Å².